The summed E-state index contributed by atoms with van der Waals surface area (Å²) in [5, 5.41) is 0. The summed E-state index contributed by atoms with van der Waals surface area (Å²) in [5.41, 5.74) is 0. The number of hydrogen-bond donors (Lipinski definition) is 0. The van der Waals surface area contributed by atoms with E-state index < -0.39 is 5.97 Å². The second-order valence-corrected chi connectivity index (χ2v) is 5.04. The first-order valence-electron chi connectivity index (χ1n) is 4.61. The quantitative estimate of drug-likeness (QED) is 0.364. The fourth-order valence-electron chi connectivity index (χ4n) is 0.907. The van der Waals surface area contributed by atoms with E-state index in [-0.39, 0.29) is 29.7 Å². The van der Waals surface area contributed by atoms with Crippen LogP contribution in [0.15, 0.2) is 21.2 Å². The molecular formula is C10H15BrINO3. The molecular weight excluding hydrogens is 389 g/mol. The summed E-state index contributed by atoms with van der Waals surface area (Å²) in [6.07, 6.45) is 0. The van der Waals surface area contributed by atoms with E-state index in [2.05, 4.69) is 15.9 Å². The van der Waals surface area contributed by atoms with Crippen molar-refractivity contribution >= 4 is 21.9 Å². The van der Waals surface area contributed by atoms with Gasteiger partial charge in [0.15, 0.2) is 4.67 Å². The molecule has 0 bridgehead atoms. The van der Waals surface area contributed by atoms with Gasteiger partial charge in [0, 0.05) is 0 Å². The number of furan rings is 1. The summed E-state index contributed by atoms with van der Waals surface area (Å²) in [7, 11) is 6.12. The van der Waals surface area contributed by atoms with Crippen LogP contribution in [0.1, 0.15) is 10.6 Å². The highest BCUT2D eigenvalue weighted by atomic mass is 127. The zero-order valence-corrected chi connectivity index (χ0v) is 13.2. The molecule has 0 aromatic carbocycles. The highest BCUT2D eigenvalue weighted by Crippen LogP contribution is 2.14. The number of halogens is 2. The van der Waals surface area contributed by atoms with Gasteiger partial charge in [-0.05, 0) is 28.1 Å². The van der Waals surface area contributed by atoms with Crippen molar-refractivity contribution in [3.8, 4) is 0 Å². The number of ether oxygens (including phenoxy) is 1. The Kier molecular flexibility index (Phi) is 6.57. The summed E-state index contributed by atoms with van der Waals surface area (Å²) in [5.74, 6) is -0.197. The zero-order valence-electron chi connectivity index (χ0n) is 9.50. The van der Waals surface area contributed by atoms with Crippen LogP contribution in [0.2, 0.25) is 0 Å². The van der Waals surface area contributed by atoms with E-state index in [1.165, 1.54) is 0 Å². The summed E-state index contributed by atoms with van der Waals surface area (Å²) in [4.78, 5) is 11.4. The molecule has 0 saturated heterocycles. The molecule has 0 spiro atoms. The minimum Gasteiger partial charge on any atom is -1.00 e. The van der Waals surface area contributed by atoms with Crippen molar-refractivity contribution in [3.05, 3.63) is 22.6 Å². The van der Waals surface area contributed by atoms with Crippen molar-refractivity contribution in [1.82, 2.24) is 0 Å². The molecule has 0 amide bonds. The predicted molar refractivity (Wildman–Crippen MR) is 59.6 cm³/mol. The summed E-state index contributed by atoms with van der Waals surface area (Å²) in [6.45, 7) is 1.16. The lowest BCUT2D eigenvalue weighted by Crippen LogP contribution is -3.00. The number of carbonyl (C=O) groups excluding carboxylic acids is 1. The van der Waals surface area contributed by atoms with Gasteiger partial charge in [0.1, 0.15) is 13.2 Å². The Morgan fingerprint density at radius 1 is 1.44 bits per heavy atom. The predicted octanol–water partition coefficient (Wildman–Crippen LogP) is -1.09. The molecule has 0 aliphatic carbocycles. The highest BCUT2D eigenvalue weighted by Gasteiger charge is 2.14. The SMILES string of the molecule is C[N+](C)(C)CCOC(=O)c1ccc(Br)o1.[I-]. The third-order valence-electron chi connectivity index (χ3n) is 1.77. The van der Waals surface area contributed by atoms with E-state index in [1.54, 1.807) is 12.1 Å². The van der Waals surface area contributed by atoms with Crippen molar-refractivity contribution < 1.29 is 42.4 Å². The number of rotatable bonds is 4. The van der Waals surface area contributed by atoms with Gasteiger partial charge in [0.05, 0.1) is 21.1 Å². The van der Waals surface area contributed by atoms with Crippen LogP contribution in [0.5, 0.6) is 0 Å². The minimum atomic E-state index is -0.422. The first kappa shape index (κ1) is 15.9. The number of likely N-dealkylation sites (N-methyl/N-ethyl adjacent to an activating group) is 1. The van der Waals surface area contributed by atoms with Gasteiger partial charge in [-0.25, -0.2) is 4.79 Å². The minimum absolute atomic E-state index is 0. The number of hydrogen-bond acceptors (Lipinski definition) is 3. The van der Waals surface area contributed by atoms with Gasteiger partial charge in [-0.3, -0.25) is 0 Å². The Hall–Kier alpha value is -0.0800. The van der Waals surface area contributed by atoms with Gasteiger partial charge >= 0.3 is 5.97 Å². The molecule has 0 aliphatic heterocycles. The molecule has 1 rings (SSSR count). The molecule has 0 radical (unpaired) electrons. The van der Waals surface area contributed by atoms with Gasteiger partial charge < -0.3 is 37.6 Å². The van der Waals surface area contributed by atoms with Gasteiger partial charge in [-0.15, -0.1) is 0 Å². The first-order chi connectivity index (χ1) is 6.88. The van der Waals surface area contributed by atoms with E-state index in [4.69, 9.17) is 9.15 Å². The Balaban J connectivity index is 0.00000225. The van der Waals surface area contributed by atoms with Crippen LogP contribution in [0.4, 0.5) is 0 Å². The van der Waals surface area contributed by atoms with Gasteiger partial charge in [0.25, 0.3) is 0 Å². The molecule has 1 aromatic heterocycles. The van der Waals surface area contributed by atoms with E-state index in [9.17, 15) is 4.79 Å². The number of nitrogens with zero attached hydrogens (tertiary/aromatic N) is 1. The zero-order chi connectivity index (χ0) is 11.5. The molecule has 0 atom stereocenters. The van der Waals surface area contributed by atoms with Crippen molar-refractivity contribution in [2.75, 3.05) is 34.3 Å². The monoisotopic (exact) mass is 403 g/mol. The molecule has 1 heterocycles. The Labute approximate surface area is 121 Å². The van der Waals surface area contributed by atoms with Crippen LogP contribution >= 0.6 is 15.9 Å². The maximum absolute atomic E-state index is 11.4. The van der Waals surface area contributed by atoms with E-state index in [0.717, 1.165) is 11.0 Å². The van der Waals surface area contributed by atoms with Crippen LogP contribution in [0.25, 0.3) is 0 Å². The molecule has 0 fully saturated rings. The highest BCUT2D eigenvalue weighted by molar-refractivity contribution is 9.10. The summed E-state index contributed by atoms with van der Waals surface area (Å²) >= 11 is 3.12. The maximum atomic E-state index is 11.4. The smallest absolute Gasteiger partial charge is 0.374 e. The molecule has 0 unspecified atom stereocenters. The van der Waals surface area contributed by atoms with Gasteiger partial charge in [-0.1, -0.05) is 0 Å². The largest absolute Gasteiger partial charge is 1.00 e. The van der Waals surface area contributed by atoms with Crippen LogP contribution in [0.3, 0.4) is 0 Å². The topological polar surface area (TPSA) is 39.4 Å². The number of esters is 1. The number of quaternary nitrogens is 1. The molecule has 4 nitrogen and oxygen atoms in total. The normalized spacial score (nSPS) is 10.8. The fourth-order valence-corrected chi connectivity index (χ4v) is 1.21. The average Bonchev–Trinajstić information content (AvgIpc) is 2.49. The fraction of sp³-hybridized carbons (Fsp3) is 0.500. The molecule has 16 heavy (non-hydrogen) atoms. The molecule has 0 aliphatic rings. The van der Waals surface area contributed by atoms with Crippen LogP contribution in [0, 0.1) is 0 Å². The van der Waals surface area contributed by atoms with Crippen LogP contribution in [-0.4, -0.2) is 44.7 Å². The Morgan fingerprint density at radius 3 is 2.50 bits per heavy atom. The van der Waals surface area contributed by atoms with Crippen molar-refractivity contribution in [2.45, 2.75) is 0 Å². The number of carbonyl (C=O) groups is 1. The van der Waals surface area contributed by atoms with Gasteiger partial charge in [0.2, 0.25) is 5.76 Å². The average molecular weight is 404 g/mol. The van der Waals surface area contributed by atoms with Crippen LogP contribution < -0.4 is 24.0 Å². The molecule has 0 N–H and O–H groups in total. The second kappa shape index (κ2) is 6.61. The Morgan fingerprint density at radius 2 is 2.06 bits per heavy atom. The molecule has 0 saturated carbocycles. The van der Waals surface area contributed by atoms with Crippen molar-refractivity contribution in [2.24, 2.45) is 0 Å². The third-order valence-corrected chi connectivity index (χ3v) is 2.20. The van der Waals surface area contributed by atoms with Crippen molar-refractivity contribution in [1.29, 1.82) is 0 Å². The summed E-state index contributed by atoms with van der Waals surface area (Å²) in [6, 6.07) is 3.24. The van der Waals surface area contributed by atoms with Gasteiger partial charge in [-0.2, -0.15) is 0 Å². The van der Waals surface area contributed by atoms with E-state index in [1.807, 2.05) is 21.1 Å². The van der Waals surface area contributed by atoms with E-state index >= 15 is 0 Å². The second-order valence-electron chi connectivity index (χ2n) is 4.25. The van der Waals surface area contributed by atoms with Crippen LogP contribution in [-0.2, 0) is 4.74 Å². The van der Waals surface area contributed by atoms with E-state index in [0.29, 0.717) is 11.3 Å². The lowest BCUT2D eigenvalue weighted by molar-refractivity contribution is -0.870. The van der Waals surface area contributed by atoms with Crippen molar-refractivity contribution in [3.63, 3.8) is 0 Å². The standard InChI is InChI=1S/C10H15BrNO3.HI/c1-12(2,3)6-7-14-10(13)8-4-5-9(11)15-8;/h4-5H,6-7H2,1-3H3;1H/q+1;/p-1. The maximum Gasteiger partial charge on any atom is 0.374 e. The first-order valence-corrected chi connectivity index (χ1v) is 5.41. The molecule has 6 heteroatoms. The molecule has 1 aromatic rings. The lowest BCUT2D eigenvalue weighted by Gasteiger charge is -2.23. The lowest BCUT2D eigenvalue weighted by atomic mass is 10.4. The third kappa shape index (κ3) is 5.86. The molecule has 92 valence electrons. The Bertz CT molecular complexity index is 346. The summed E-state index contributed by atoms with van der Waals surface area (Å²) < 4.78 is 11.4.